The molecule has 20 nitrogen and oxygen atoms in total. The van der Waals surface area contributed by atoms with Gasteiger partial charge in [0.05, 0.1) is 55.0 Å². The van der Waals surface area contributed by atoms with Crippen molar-refractivity contribution in [2.24, 2.45) is 0 Å². The van der Waals surface area contributed by atoms with Crippen molar-refractivity contribution in [3.63, 3.8) is 0 Å². The lowest BCUT2D eigenvalue weighted by molar-refractivity contribution is -0.249. The van der Waals surface area contributed by atoms with Gasteiger partial charge in [-0.15, -0.1) is 0 Å². The highest BCUT2D eigenvalue weighted by Gasteiger charge is 2.50. The fourth-order valence-corrected chi connectivity index (χ4v) is 9.19. The van der Waals surface area contributed by atoms with Crippen molar-refractivity contribution in [2.75, 3.05) is 13.7 Å². The number of aliphatic carboxylic acids is 1. The lowest BCUT2D eigenvalue weighted by Crippen LogP contribution is -2.59. The summed E-state index contributed by atoms with van der Waals surface area (Å²) in [5, 5.41) is 66.1. The minimum Gasteiger partial charge on any atom is -0.507 e. The van der Waals surface area contributed by atoms with Crippen LogP contribution in [0.15, 0.2) is 78.9 Å². The largest absolute Gasteiger partial charge is 0.507 e. The number of carbonyl (C=O) groups excluding carboxylic acids is 7. The van der Waals surface area contributed by atoms with Crippen LogP contribution >= 0.6 is 0 Å². The Morgan fingerprint density at radius 3 is 2.00 bits per heavy atom. The van der Waals surface area contributed by atoms with Gasteiger partial charge in [-0.3, -0.25) is 38.4 Å². The van der Waals surface area contributed by atoms with Crippen LogP contribution in [0.5, 0.6) is 17.2 Å². The Kier molecular flexibility index (Phi) is 15.6. The number of ether oxygens (including phenoxy) is 3. The second-order valence-electron chi connectivity index (χ2n) is 17.8. The van der Waals surface area contributed by atoms with E-state index in [2.05, 4.69) is 21.3 Å². The van der Waals surface area contributed by atoms with Crippen molar-refractivity contribution in [3.05, 3.63) is 123 Å². The highest BCUT2D eigenvalue weighted by molar-refractivity contribution is 6.31. The molecule has 9 N–H and O–H groups in total. The first-order valence-corrected chi connectivity index (χ1v) is 22.9. The van der Waals surface area contributed by atoms with Gasteiger partial charge in [0.15, 0.2) is 17.9 Å². The van der Waals surface area contributed by atoms with Crippen molar-refractivity contribution in [2.45, 2.75) is 107 Å². The summed E-state index contributed by atoms with van der Waals surface area (Å²) in [6.07, 6.45) is -7.50. The first-order chi connectivity index (χ1) is 33.8. The molecule has 374 valence electrons. The van der Waals surface area contributed by atoms with Crippen LogP contribution in [0.25, 0.3) is 0 Å². The van der Waals surface area contributed by atoms with Crippen LogP contribution in [-0.2, 0) is 57.5 Å². The van der Waals surface area contributed by atoms with Crippen molar-refractivity contribution in [3.8, 4) is 17.2 Å². The molecule has 4 aromatic carbocycles. The second kappa shape index (κ2) is 21.6. The molecule has 4 amide bonds. The number of aromatic hydroxyl groups is 2. The zero-order valence-electron chi connectivity index (χ0n) is 38.9. The van der Waals surface area contributed by atoms with Gasteiger partial charge < -0.3 is 61.0 Å². The van der Waals surface area contributed by atoms with E-state index in [1.54, 1.807) is 60.7 Å². The number of carboxylic acid groups (broad SMARTS) is 1. The van der Waals surface area contributed by atoms with E-state index in [1.165, 1.54) is 32.2 Å². The van der Waals surface area contributed by atoms with Crippen LogP contribution in [0.1, 0.15) is 99.7 Å². The molecule has 2 aliphatic carbocycles. The van der Waals surface area contributed by atoms with E-state index in [1.807, 2.05) is 0 Å². The number of carbonyl (C=O) groups is 8. The number of carboxylic acids is 1. The Bertz CT molecular complexity index is 2750. The maximum atomic E-state index is 14.2. The van der Waals surface area contributed by atoms with Crippen LogP contribution < -0.4 is 26.0 Å². The van der Waals surface area contributed by atoms with E-state index in [9.17, 15) is 58.8 Å². The number of phenolic OH excluding ortho intramolecular Hbond substituents is 2. The van der Waals surface area contributed by atoms with Crippen LogP contribution in [-0.4, -0.2) is 128 Å². The maximum Gasteiger partial charge on any atom is 0.303 e. The normalized spacial score (nSPS) is 22.1. The summed E-state index contributed by atoms with van der Waals surface area (Å²) in [5.41, 5.74) is -2.63. The number of nitrogens with one attached hydrogen (secondary N) is 4. The van der Waals surface area contributed by atoms with E-state index in [-0.39, 0.29) is 53.7 Å². The minimum atomic E-state index is -2.20. The van der Waals surface area contributed by atoms with Crippen LogP contribution in [0.3, 0.4) is 0 Å². The number of Topliss-reactive ketones (excluding diaryl/α,β-unsaturated/α-hetero) is 1. The number of hydrogen-bond acceptors (Lipinski definition) is 15. The zero-order valence-corrected chi connectivity index (χ0v) is 38.9. The average molecular weight is 979 g/mol. The van der Waals surface area contributed by atoms with Crippen LogP contribution in [0, 0.1) is 0 Å². The molecule has 7 rings (SSSR count). The number of hydrogen-bond donors (Lipinski definition) is 9. The number of methoxy groups -OCH3 is 1. The maximum absolute atomic E-state index is 14.2. The number of benzene rings is 4. The monoisotopic (exact) mass is 978 g/mol. The van der Waals surface area contributed by atoms with Gasteiger partial charge in [0.2, 0.25) is 29.4 Å². The molecule has 1 saturated heterocycles. The molecule has 1 fully saturated rings. The average Bonchev–Trinajstić information content (AvgIpc) is 3.34. The Hall–Kier alpha value is -7.52. The van der Waals surface area contributed by atoms with Crippen LogP contribution in [0.2, 0.25) is 0 Å². The van der Waals surface area contributed by atoms with Crippen molar-refractivity contribution >= 4 is 46.9 Å². The number of phenols is 2. The van der Waals surface area contributed by atoms with Gasteiger partial charge in [-0.1, -0.05) is 72.8 Å². The Labute approximate surface area is 406 Å². The molecule has 4 aromatic rings. The summed E-state index contributed by atoms with van der Waals surface area (Å²) in [6.45, 7) is 1.96. The third-order valence-electron chi connectivity index (χ3n) is 12.9. The molecule has 0 saturated carbocycles. The Balaban J connectivity index is 1.10. The molecule has 1 heterocycles. The summed E-state index contributed by atoms with van der Waals surface area (Å²) in [6, 6.07) is 18.0. The summed E-state index contributed by atoms with van der Waals surface area (Å²) < 4.78 is 17.7. The molecule has 0 aromatic heterocycles. The van der Waals surface area contributed by atoms with Crippen LogP contribution in [0.4, 0.5) is 0 Å². The number of rotatable bonds is 18. The van der Waals surface area contributed by atoms with E-state index in [0.29, 0.717) is 11.1 Å². The smallest absolute Gasteiger partial charge is 0.303 e. The topological polar surface area (TPSA) is 314 Å². The van der Waals surface area contributed by atoms with E-state index < -0.39 is 144 Å². The van der Waals surface area contributed by atoms with Gasteiger partial charge in [0, 0.05) is 55.2 Å². The SMILES string of the molecule is COc1cccc2c1C(=O)c1c(O)c3c(c(O)c1C2=O)C[C@@](O)(C(C)=O)C[C@@H]3O[C@H]1C[C@H](NC(=O)[C@H](Cc2ccccc2)NC(=O)CNC(=O)[C@H](Cc2ccccc2)NC(=O)CCC(=O)O)[C@H](O)[C@H](C)O1. The second-order valence-corrected chi connectivity index (χ2v) is 17.8. The Morgan fingerprint density at radius 1 is 0.789 bits per heavy atom. The summed E-state index contributed by atoms with van der Waals surface area (Å²) in [5.74, 6) is -8.04. The van der Waals surface area contributed by atoms with Crippen molar-refractivity contribution < 1.29 is 78.1 Å². The summed E-state index contributed by atoms with van der Waals surface area (Å²) in [4.78, 5) is 106. The molecule has 0 bridgehead atoms. The lowest BCUT2D eigenvalue weighted by atomic mass is 9.72. The fourth-order valence-electron chi connectivity index (χ4n) is 9.19. The molecule has 1 aliphatic heterocycles. The fraction of sp³-hybridized carbons (Fsp3) is 0.373. The Morgan fingerprint density at radius 2 is 1.39 bits per heavy atom. The number of aliphatic hydroxyl groups is 2. The van der Waals surface area contributed by atoms with Gasteiger partial charge in [0.1, 0.15) is 41.0 Å². The molecule has 71 heavy (non-hydrogen) atoms. The molecular formula is C51H54N4O16. The molecule has 0 spiro atoms. The standard InChI is InChI=1S/C51H54N4O16/c1-25-44(61)31(55-50(67)33(20-28-13-8-5-9-14-28)54-37(58)24-52-49(66)32(19-27-11-6-4-7-12-27)53-36(57)17-18-38(59)60)21-39(70-25)71-35-23-51(68,26(2)56)22-30-41(35)48(65)43-42(46(30)63)45(62)29-15-10-16-34(69-3)40(29)47(43)64/h4-16,25,31-33,35,39,44,61,63,65,68H,17-24H2,1-3H3,(H,52,66)(H,53,57)(H,54,58)(H,55,67)(H,59,60)/t25-,31-,32-,33-,35-,39-,44+,51-/m0/s1. The van der Waals surface area contributed by atoms with Gasteiger partial charge in [-0.05, 0) is 31.0 Å². The molecular weight excluding hydrogens is 925 g/mol. The van der Waals surface area contributed by atoms with Crippen molar-refractivity contribution in [1.29, 1.82) is 0 Å². The molecule has 8 atom stereocenters. The third kappa shape index (κ3) is 11.3. The minimum absolute atomic E-state index is 0.0184. The van der Waals surface area contributed by atoms with E-state index >= 15 is 0 Å². The zero-order chi connectivity index (χ0) is 51.3. The van der Waals surface area contributed by atoms with Gasteiger partial charge in [-0.25, -0.2) is 0 Å². The van der Waals surface area contributed by atoms with E-state index in [4.69, 9.17) is 19.3 Å². The number of aliphatic hydroxyl groups excluding tert-OH is 1. The van der Waals surface area contributed by atoms with Gasteiger partial charge >= 0.3 is 5.97 Å². The lowest BCUT2D eigenvalue weighted by Gasteiger charge is -2.43. The quantitative estimate of drug-likeness (QED) is 0.0564. The van der Waals surface area contributed by atoms with Crippen molar-refractivity contribution in [1.82, 2.24) is 21.3 Å². The highest BCUT2D eigenvalue weighted by Crippen LogP contribution is 2.52. The molecule has 3 aliphatic rings. The van der Waals surface area contributed by atoms with Gasteiger partial charge in [0.25, 0.3) is 0 Å². The number of fused-ring (bicyclic) bond motifs is 3. The molecule has 20 heteroatoms. The first-order valence-electron chi connectivity index (χ1n) is 22.9. The highest BCUT2D eigenvalue weighted by atomic mass is 16.7. The summed E-state index contributed by atoms with van der Waals surface area (Å²) in [7, 11) is 1.30. The van der Waals surface area contributed by atoms with Gasteiger partial charge in [-0.2, -0.15) is 0 Å². The molecule has 0 radical (unpaired) electrons. The van der Waals surface area contributed by atoms with E-state index in [0.717, 1.165) is 6.92 Å². The number of amides is 4. The molecule has 0 unspecified atom stereocenters. The first kappa shape index (κ1) is 51.3. The number of ketones is 3. The summed E-state index contributed by atoms with van der Waals surface area (Å²) >= 11 is 0. The third-order valence-corrected chi connectivity index (χ3v) is 12.9. The predicted molar refractivity (Wildman–Crippen MR) is 248 cm³/mol. The predicted octanol–water partition coefficient (Wildman–Crippen LogP) is 1.62.